The minimum absolute atomic E-state index is 0.235. The van der Waals surface area contributed by atoms with Crippen molar-refractivity contribution >= 4 is 0 Å². The van der Waals surface area contributed by atoms with Crippen LogP contribution in [0.25, 0.3) is 0 Å². The molecule has 10 atom stereocenters. The molecule has 790 valence electrons. The van der Waals surface area contributed by atoms with Gasteiger partial charge >= 0.3 is 0 Å². The highest BCUT2D eigenvalue weighted by atomic mass is 16.5. The van der Waals surface area contributed by atoms with E-state index in [0.717, 1.165) is 102 Å². The van der Waals surface area contributed by atoms with E-state index in [1.54, 1.807) is 0 Å². The zero-order valence-corrected chi connectivity index (χ0v) is 103. The molecule has 134 heavy (non-hydrogen) atoms. The van der Waals surface area contributed by atoms with Crippen LogP contribution in [0.5, 0.6) is 0 Å². The van der Waals surface area contributed by atoms with E-state index in [1.807, 2.05) is 25.0 Å². The summed E-state index contributed by atoms with van der Waals surface area (Å²) in [4.78, 5) is 0. The molecule has 0 aromatic heterocycles. The van der Waals surface area contributed by atoms with Crippen molar-refractivity contribution in [2.45, 2.75) is 573 Å². The van der Waals surface area contributed by atoms with Crippen LogP contribution in [0.4, 0.5) is 0 Å². The maximum Gasteiger partial charge on any atom is 0.0583 e. The zero-order chi connectivity index (χ0) is 105. The fourth-order valence-corrected chi connectivity index (χ4v) is 21.9. The fraction of sp³-hybridized carbons (Fsp3) is 0.850. The Labute approximate surface area is 849 Å². The molecule has 1 aliphatic heterocycles. The molecule has 1 aromatic carbocycles. The predicted octanol–water partition coefficient (Wildman–Crippen LogP) is 45.4. The van der Waals surface area contributed by atoms with Crippen molar-refractivity contribution in [2.24, 2.45) is 154 Å². The average Bonchev–Trinajstić information content (AvgIpc) is 1.56. The second-order valence-corrected chi connectivity index (χ2v) is 58.4. The molecule has 7 rings (SSSR count). The summed E-state index contributed by atoms with van der Waals surface area (Å²) in [5, 5.41) is 0. The van der Waals surface area contributed by atoms with Gasteiger partial charge in [-0.15, -0.1) is 6.58 Å². The largest absolute Gasteiger partial charge is 0.378 e. The van der Waals surface area contributed by atoms with Gasteiger partial charge in [0.2, 0.25) is 0 Å². The van der Waals surface area contributed by atoms with Crippen LogP contribution < -0.4 is 0 Å². The molecule has 1 aromatic rings. The Balaban J connectivity index is -0.00000144. The van der Waals surface area contributed by atoms with Crippen LogP contribution in [-0.2, 0) is 11.2 Å². The van der Waals surface area contributed by atoms with E-state index in [4.69, 9.17) is 4.74 Å². The van der Waals surface area contributed by atoms with Gasteiger partial charge in [0.1, 0.15) is 0 Å². The van der Waals surface area contributed by atoms with Gasteiger partial charge in [-0.1, -0.05) is 436 Å². The molecule has 1 heteroatoms. The highest BCUT2D eigenvalue weighted by Crippen LogP contribution is 2.55. The molecule has 0 spiro atoms. The summed E-state index contributed by atoms with van der Waals surface area (Å²) < 4.78 is 5.88. The first-order valence-electron chi connectivity index (χ1n) is 57.0. The molecule has 6 aliphatic rings. The molecule has 4 unspecified atom stereocenters. The molecular weight excluding hydrogens is 1610 g/mol. The van der Waals surface area contributed by atoms with Gasteiger partial charge in [0, 0.05) is 6.61 Å². The van der Waals surface area contributed by atoms with Crippen molar-refractivity contribution < 1.29 is 4.74 Å². The Bertz CT molecular complexity index is 3350. The Morgan fingerprint density at radius 1 is 0.493 bits per heavy atom. The fourth-order valence-electron chi connectivity index (χ4n) is 21.9. The lowest BCUT2D eigenvalue weighted by Gasteiger charge is -2.47. The van der Waals surface area contributed by atoms with Crippen LogP contribution in [0.2, 0.25) is 0 Å². The van der Waals surface area contributed by atoms with Crippen LogP contribution in [0.1, 0.15) is 564 Å². The first-order chi connectivity index (χ1) is 60.7. The van der Waals surface area contributed by atoms with Gasteiger partial charge in [0.05, 0.1) is 6.10 Å². The summed E-state index contributed by atoms with van der Waals surface area (Å²) in [6.45, 7) is 130. The average molecular weight is 1870 g/mol. The Hall–Kier alpha value is -2.64. The quantitative estimate of drug-likeness (QED) is 0.0993. The predicted molar refractivity (Wildman–Crippen MR) is 618 cm³/mol. The lowest BCUT2D eigenvalue weighted by atomic mass is 9.59. The van der Waals surface area contributed by atoms with Gasteiger partial charge in [-0.3, -0.25) is 0 Å². The Kier molecular flexibility index (Phi) is 63.5. The molecule has 1 saturated heterocycles. The minimum Gasteiger partial charge on any atom is -0.378 e. The van der Waals surface area contributed by atoms with Gasteiger partial charge in [-0.05, 0) is 395 Å². The van der Waals surface area contributed by atoms with E-state index in [-0.39, 0.29) is 5.41 Å². The topological polar surface area (TPSA) is 9.23 Å². The van der Waals surface area contributed by atoms with E-state index in [9.17, 15) is 0 Å². The van der Waals surface area contributed by atoms with Crippen LogP contribution in [0.15, 0.2) is 106 Å². The SMILES string of the molecule is C=CC(C)(CCC=C(C)C)C(C)(C)C.CC.CC(C)=CCC/C(C)=C/CC(C)(C)C.CC(C)=CCC/C(C)=C\CC(C)(C)C.CC(C)C1CCC(C(C)C(C)(C)C)CC1.CC(C)C1CCC(CC(C)(C)C)CC1.CC(C)CC1CC(C)(C(C)(C)C)CCO1.CC(C)[C@@H]1CC[C@@H](C)C[C@H]1C.C[C@H]1CC[C@@H](C(C)(C)C(C)(C)C)CC2=C1CC[C@@H]2C.Cc1cccc(CC(C)(C)CC(C)(C)C)c1. The molecule has 0 amide bonds. The highest BCUT2D eigenvalue weighted by Gasteiger charge is 2.45. The molecule has 1 heterocycles. The monoisotopic (exact) mass is 1870 g/mol. The number of ether oxygens (including phenoxy) is 1. The highest BCUT2D eigenvalue weighted by molar-refractivity contribution is 5.27. The van der Waals surface area contributed by atoms with Gasteiger partial charge in [-0.2, -0.15) is 0 Å². The zero-order valence-electron chi connectivity index (χ0n) is 103. The van der Waals surface area contributed by atoms with Gasteiger partial charge < -0.3 is 4.74 Å². The standard InChI is InChI=1S/C19H34.C16H26.C15H30.C14H28O.C14H28.3C14H26.C11H22.C2H6/c1-13-8-10-15(19(6,7)18(3,4)5)12-17-14(2)9-11-16(13)17;1-13-8-7-9-14(10-13)11-16(5,6)12-15(2,3)4;1-11(2)13-7-9-14(10-8-13)12(3)15(4,5)6;1-11(2)9-12-10-14(6,7-8-15-12)13(3,4)5;1-11(2)13-8-6-12(7-9-13)10-14(3,4)5;2*1-12(2)8-7-9-13(3)10-11-14(4,5)6;1-8-14(7,13(4,5)6)11-9-10-12(2)3;1-8(2)11-6-5-9(3)7-10(11)4;1-2/h13-15H,8-12H2,1-7H3;7-10H,11-12H2,1-6H3;11-14H,7-10H2,1-6H3;11-12H,7-10H2,1-6H3;11-13H,6-10H2,1-5H3;2*8,10H,7,9,11H2,1-6H3;8,10H,1,9,11H2,2-7H3;8-11H,5-7H2,1-4H3;1-2H3/b;;;;;13-10+;13-10-;;;/t13-,14-,15+;;;;;;;;9-,10-,11+;/m0.......1./s1. The van der Waals surface area contributed by atoms with Crippen molar-refractivity contribution in [1.82, 2.24) is 0 Å². The number of allylic oxidation sites excluding steroid dienone is 13. The third kappa shape index (κ3) is 60.7. The Morgan fingerprint density at radius 2 is 0.940 bits per heavy atom. The summed E-state index contributed by atoms with van der Waals surface area (Å²) in [6.07, 6.45) is 54.6. The normalized spacial score (nSPS) is 24.1. The number of hydrogen-bond acceptors (Lipinski definition) is 1. The maximum atomic E-state index is 5.88. The number of hydrogen-bond donors (Lipinski definition) is 0. The lowest BCUT2D eigenvalue weighted by Crippen LogP contribution is -2.42. The molecule has 0 N–H and O–H groups in total. The minimum atomic E-state index is 0.235. The third-order valence-corrected chi connectivity index (χ3v) is 33.4. The van der Waals surface area contributed by atoms with E-state index in [1.165, 1.54) is 225 Å². The Morgan fingerprint density at radius 3 is 1.31 bits per heavy atom. The number of rotatable bonds is 23. The van der Waals surface area contributed by atoms with E-state index < -0.39 is 0 Å². The van der Waals surface area contributed by atoms with E-state index >= 15 is 0 Å². The van der Waals surface area contributed by atoms with Gasteiger partial charge in [-0.25, -0.2) is 0 Å². The summed E-state index contributed by atoms with van der Waals surface area (Å²) in [5.74, 6) is 13.9. The van der Waals surface area contributed by atoms with Crippen molar-refractivity contribution in [3.8, 4) is 0 Å². The van der Waals surface area contributed by atoms with Crippen molar-refractivity contribution in [3.63, 3.8) is 0 Å². The van der Waals surface area contributed by atoms with E-state index in [0.29, 0.717) is 65.7 Å². The van der Waals surface area contributed by atoms with Gasteiger partial charge in [0.15, 0.2) is 0 Å². The van der Waals surface area contributed by atoms with Crippen LogP contribution in [0.3, 0.4) is 0 Å². The smallest absolute Gasteiger partial charge is 0.0583 e. The van der Waals surface area contributed by atoms with Crippen molar-refractivity contribution in [1.29, 1.82) is 0 Å². The molecule has 1 nitrogen and oxygen atoms in total. The van der Waals surface area contributed by atoms with Crippen LogP contribution in [0, 0.1) is 161 Å². The molecule has 0 bridgehead atoms. The first-order valence-corrected chi connectivity index (χ1v) is 57.0. The summed E-state index contributed by atoms with van der Waals surface area (Å²) in [6, 6.07) is 8.89. The second kappa shape index (κ2) is 62.8. The third-order valence-electron chi connectivity index (χ3n) is 33.4. The number of aryl methyl sites for hydroxylation is 1. The van der Waals surface area contributed by atoms with E-state index in [2.05, 4.69) is 427 Å². The van der Waals surface area contributed by atoms with Gasteiger partial charge in [0.25, 0.3) is 0 Å². The second-order valence-electron chi connectivity index (χ2n) is 58.4. The molecule has 4 fully saturated rings. The lowest BCUT2D eigenvalue weighted by molar-refractivity contribution is -0.0892. The van der Waals surface area contributed by atoms with Crippen molar-refractivity contribution in [3.05, 3.63) is 117 Å². The molecule has 3 saturated carbocycles. The summed E-state index contributed by atoms with van der Waals surface area (Å²) in [5.41, 5.74) is 18.7. The molecule has 0 radical (unpaired) electrons. The molecular formula is C133H252O. The summed E-state index contributed by atoms with van der Waals surface area (Å²) in [7, 11) is 0. The number of benzene rings is 1. The summed E-state index contributed by atoms with van der Waals surface area (Å²) >= 11 is 0. The molecule has 5 aliphatic carbocycles. The maximum absolute atomic E-state index is 5.88. The van der Waals surface area contributed by atoms with Crippen molar-refractivity contribution in [2.75, 3.05) is 6.61 Å². The first kappa shape index (κ1) is 135. The van der Waals surface area contributed by atoms with Crippen LogP contribution >= 0.6 is 0 Å². The van der Waals surface area contributed by atoms with Crippen LogP contribution in [-0.4, -0.2) is 12.7 Å².